The maximum Gasteiger partial charge on any atom is 0.251 e. The molecule has 0 bridgehead atoms. The van der Waals surface area contributed by atoms with Gasteiger partial charge < -0.3 is 20.7 Å². The standard InChI is InChI=1S/C21H23ClFN3O5S/c1-31-8-2-7-24-20(27)13-4-6-17-18(9-13)26-21(28)19(25-17)12-32(29,30)11-14-3-5-15(23)10-16(14)22/h3-6,9-10,19,25H,2,7-8,11-12H2,1H3,(H,24,27)(H,26,28). The maximum atomic E-state index is 13.2. The van der Waals surface area contributed by atoms with Crippen molar-refractivity contribution in [1.29, 1.82) is 0 Å². The summed E-state index contributed by atoms with van der Waals surface area (Å²) in [5.41, 5.74) is 1.50. The number of ether oxygens (including phenoxy) is 1. The predicted octanol–water partition coefficient (Wildman–Crippen LogP) is 2.59. The molecule has 11 heteroatoms. The molecule has 0 saturated carbocycles. The highest BCUT2D eigenvalue weighted by molar-refractivity contribution is 7.90. The number of benzene rings is 2. The minimum absolute atomic E-state index is 0.00741. The molecule has 2 aromatic rings. The molecule has 0 fully saturated rings. The van der Waals surface area contributed by atoms with Gasteiger partial charge in [0.1, 0.15) is 11.9 Å². The Balaban J connectivity index is 1.66. The Morgan fingerprint density at radius 2 is 2.00 bits per heavy atom. The third-order valence-electron chi connectivity index (χ3n) is 4.81. The molecule has 0 aliphatic carbocycles. The van der Waals surface area contributed by atoms with Crippen LogP contribution in [0.15, 0.2) is 36.4 Å². The van der Waals surface area contributed by atoms with Crippen LogP contribution in [-0.2, 0) is 25.1 Å². The predicted molar refractivity (Wildman–Crippen MR) is 120 cm³/mol. The highest BCUT2D eigenvalue weighted by atomic mass is 35.5. The van der Waals surface area contributed by atoms with Gasteiger partial charge in [-0.15, -0.1) is 0 Å². The first kappa shape index (κ1) is 24.0. The Morgan fingerprint density at radius 3 is 2.72 bits per heavy atom. The van der Waals surface area contributed by atoms with Gasteiger partial charge in [-0.1, -0.05) is 17.7 Å². The molecule has 0 saturated heterocycles. The van der Waals surface area contributed by atoms with Crippen LogP contribution in [0.5, 0.6) is 0 Å². The van der Waals surface area contributed by atoms with Crippen molar-refractivity contribution in [2.75, 3.05) is 36.6 Å². The number of halogens is 2. The number of anilines is 2. The first-order valence-electron chi connectivity index (χ1n) is 9.81. The highest BCUT2D eigenvalue weighted by Gasteiger charge is 2.31. The van der Waals surface area contributed by atoms with Crippen LogP contribution < -0.4 is 16.0 Å². The molecule has 32 heavy (non-hydrogen) atoms. The van der Waals surface area contributed by atoms with Crippen molar-refractivity contribution >= 4 is 44.6 Å². The van der Waals surface area contributed by atoms with Gasteiger partial charge in [0, 0.05) is 30.8 Å². The zero-order valence-corrected chi connectivity index (χ0v) is 18.9. The van der Waals surface area contributed by atoms with Gasteiger partial charge in [-0.3, -0.25) is 9.59 Å². The minimum Gasteiger partial charge on any atom is -0.385 e. The molecule has 1 atom stereocenters. The van der Waals surface area contributed by atoms with Crippen LogP contribution in [0.25, 0.3) is 0 Å². The zero-order chi connectivity index (χ0) is 23.3. The molecule has 2 amide bonds. The molecule has 8 nitrogen and oxygen atoms in total. The van der Waals surface area contributed by atoms with Crippen molar-refractivity contribution in [3.8, 4) is 0 Å². The van der Waals surface area contributed by atoms with E-state index in [-0.39, 0.29) is 16.5 Å². The average Bonchev–Trinajstić information content (AvgIpc) is 2.73. The first-order chi connectivity index (χ1) is 15.2. The molecule has 1 aliphatic rings. The maximum absolute atomic E-state index is 13.2. The van der Waals surface area contributed by atoms with Gasteiger partial charge in [-0.05, 0) is 42.3 Å². The molecular weight excluding hydrogens is 461 g/mol. The first-order valence-corrected chi connectivity index (χ1v) is 12.0. The zero-order valence-electron chi connectivity index (χ0n) is 17.3. The molecule has 172 valence electrons. The third kappa shape index (κ3) is 6.18. The summed E-state index contributed by atoms with van der Waals surface area (Å²) in [5.74, 6) is -2.30. The van der Waals surface area contributed by atoms with Gasteiger partial charge in [0.05, 0.1) is 22.9 Å². The topological polar surface area (TPSA) is 114 Å². The van der Waals surface area contributed by atoms with E-state index >= 15 is 0 Å². The van der Waals surface area contributed by atoms with E-state index in [9.17, 15) is 22.4 Å². The number of nitrogens with one attached hydrogen (secondary N) is 3. The third-order valence-corrected chi connectivity index (χ3v) is 6.75. The van der Waals surface area contributed by atoms with E-state index in [1.54, 1.807) is 19.2 Å². The average molecular weight is 484 g/mol. The summed E-state index contributed by atoms with van der Waals surface area (Å²) in [6.45, 7) is 0.981. The molecule has 0 radical (unpaired) electrons. The van der Waals surface area contributed by atoms with Gasteiger partial charge in [-0.2, -0.15) is 0 Å². The van der Waals surface area contributed by atoms with Crippen LogP contribution >= 0.6 is 11.6 Å². The van der Waals surface area contributed by atoms with E-state index in [0.717, 1.165) is 12.1 Å². The van der Waals surface area contributed by atoms with Crippen molar-refractivity contribution in [2.45, 2.75) is 18.2 Å². The molecular formula is C21H23ClFN3O5S. The lowest BCUT2D eigenvalue weighted by Gasteiger charge is -2.27. The summed E-state index contributed by atoms with van der Waals surface area (Å²) in [6.07, 6.45) is 0.671. The smallest absolute Gasteiger partial charge is 0.251 e. The molecule has 3 rings (SSSR count). The van der Waals surface area contributed by atoms with E-state index in [1.807, 2.05) is 0 Å². The molecule has 1 unspecified atom stereocenters. The van der Waals surface area contributed by atoms with Crippen molar-refractivity contribution < 1.29 is 27.1 Å². The Bertz CT molecular complexity index is 1130. The van der Waals surface area contributed by atoms with Crippen LogP contribution in [-0.4, -0.2) is 52.3 Å². The second-order valence-corrected chi connectivity index (χ2v) is 9.86. The quantitative estimate of drug-likeness (QED) is 0.472. The van der Waals surface area contributed by atoms with Gasteiger partial charge in [0.2, 0.25) is 5.91 Å². The van der Waals surface area contributed by atoms with Crippen molar-refractivity contribution in [3.63, 3.8) is 0 Å². The highest BCUT2D eigenvalue weighted by Crippen LogP contribution is 2.29. The molecule has 2 aromatic carbocycles. The Labute approximate surface area is 190 Å². The van der Waals surface area contributed by atoms with Gasteiger partial charge in [0.25, 0.3) is 5.91 Å². The largest absolute Gasteiger partial charge is 0.385 e. The number of carbonyl (C=O) groups excluding carboxylic acids is 2. The van der Waals surface area contributed by atoms with Crippen molar-refractivity contribution in [3.05, 3.63) is 58.4 Å². The van der Waals surface area contributed by atoms with Crippen LogP contribution in [0.1, 0.15) is 22.3 Å². The Kier molecular flexibility index (Phi) is 7.70. The van der Waals surface area contributed by atoms with Crippen molar-refractivity contribution in [2.24, 2.45) is 0 Å². The lowest BCUT2D eigenvalue weighted by atomic mass is 10.1. The summed E-state index contributed by atoms with van der Waals surface area (Å²) >= 11 is 5.92. The monoisotopic (exact) mass is 483 g/mol. The fourth-order valence-electron chi connectivity index (χ4n) is 3.21. The molecule has 0 spiro atoms. The lowest BCUT2D eigenvalue weighted by Crippen LogP contribution is -2.43. The second kappa shape index (κ2) is 10.3. The molecule has 3 N–H and O–H groups in total. The van der Waals surface area contributed by atoms with E-state index in [2.05, 4.69) is 16.0 Å². The van der Waals surface area contributed by atoms with E-state index in [4.69, 9.17) is 16.3 Å². The van der Waals surface area contributed by atoms with Crippen LogP contribution in [0.4, 0.5) is 15.8 Å². The SMILES string of the molecule is COCCCNC(=O)c1ccc2c(c1)NC(=O)C(CS(=O)(=O)Cc1ccc(F)cc1Cl)N2. The van der Waals surface area contributed by atoms with Gasteiger partial charge in [-0.25, -0.2) is 12.8 Å². The number of hydrogen-bond acceptors (Lipinski definition) is 6. The minimum atomic E-state index is -3.75. The molecule has 0 aromatic heterocycles. The summed E-state index contributed by atoms with van der Waals surface area (Å²) < 4.78 is 43.4. The van der Waals surface area contributed by atoms with Gasteiger partial charge in [0.15, 0.2) is 9.84 Å². The summed E-state index contributed by atoms with van der Waals surface area (Å²) in [4.78, 5) is 24.7. The Hall–Kier alpha value is -2.69. The number of amides is 2. The number of methoxy groups -OCH3 is 1. The number of fused-ring (bicyclic) bond motifs is 1. The Morgan fingerprint density at radius 1 is 1.22 bits per heavy atom. The van der Waals surface area contributed by atoms with Gasteiger partial charge >= 0.3 is 0 Å². The molecule has 1 heterocycles. The summed E-state index contributed by atoms with van der Waals surface area (Å²) in [5, 5.41) is 8.32. The number of sulfone groups is 1. The van der Waals surface area contributed by atoms with E-state index in [1.165, 1.54) is 12.1 Å². The fraction of sp³-hybridized carbons (Fsp3) is 0.333. The van der Waals surface area contributed by atoms with Crippen LogP contribution in [0.2, 0.25) is 5.02 Å². The van der Waals surface area contributed by atoms with Crippen LogP contribution in [0.3, 0.4) is 0 Å². The summed E-state index contributed by atoms with van der Waals surface area (Å²) in [7, 11) is -2.17. The van der Waals surface area contributed by atoms with Crippen molar-refractivity contribution in [1.82, 2.24) is 5.32 Å². The molecule has 1 aliphatic heterocycles. The van der Waals surface area contributed by atoms with E-state index in [0.29, 0.717) is 36.5 Å². The number of hydrogen-bond donors (Lipinski definition) is 3. The van der Waals surface area contributed by atoms with Crippen LogP contribution in [0, 0.1) is 5.82 Å². The number of carbonyl (C=O) groups is 2. The number of rotatable bonds is 9. The van der Waals surface area contributed by atoms with E-state index < -0.39 is 39.1 Å². The second-order valence-electron chi connectivity index (χ2n) is 7.34. The lowest BCUT2D eigenvalue weighted by molar-refractivity contribution is -0.116. The fourth-order valence-corrected chi connectivity index (χ4v) is 5.11. The normalized spacial score (nSPS) is 15.5. The summed E-state index contributed by atoms with van der Waals surface area (Å²) in [6, 6.07) is 7.16.